The molecule has 2 atom stereocenters. The minimum absolute atomic E-state index is 0.0391. The highest BCUT2D eigenvalue weighted by atomic mass is 79.9. The normalized spacial score (nSPS) is 13.6. The molecule has 0 spiro atoms. The van der Waals surface area contributed by atoms with Crippen molar-refractivity contribution in [2.45, 2.75) is 65.4 Å². The van der Waals surface area contributed by atoms with E-state index in [0.717, 1.165) is 16.8 Å². The van der Waals surface area contributed by atoms with Crippen molar-refractivity contribution in [3.05, 3.63) is 45.3 Å². The largest absolute Gasteiger partial charge is 0.444 e. The molecule has 0 saturated carbocycles. The predicted octanol–water partition coefficient (Wildman–Crippen LogP) is 4.65. The molecule has 178 valence electrons. The number of alkyl carbamates (subject to hydrolysis) is 1. The number of rotatable bonds is 7. The number of aromatic nitrogens is 5. The third-order valence-corrected chi connectivity index (χ3v) is 5.80. The molecule has 1 amide bonds. The Hall–Kier alpha value is -2.53. The van der Waals surface area contributed by atoms with Gasteiger partial charge in [-0.3, -0.25) is 0 Å². The van der Waals surface area contributed by atoms with Gasteiger partial charge in [-0.25, -0.2) is 23.7 Å². The zero-order chi connectivity index (χ0) is 24.3. The molecule has 0 unspecified atom stereocenters. The standard InChI is InChI=1S/C21H26BrClFN7O2/c1-11-14(8-15(12(2)24)28-20(32)33-21(3,4)5)17(22)31-16(11)18(29-19(23)30-31)26-9-13-6-7-25-10-27-13/h6-7,10,12,15H,8-9H2,1-5H3,(H,28,32)(H,26,29,30)/t12-,15+/m0/s1. The van der Waals surface area contributed by atoms with Crippen LogP contribution in [0.25, 0.3) is 5.52 Å². The Morgan fingerprint density at radius 3 is 2.73 bits per heavy atom. The number of anilines is 1. The summed E-state index contributed by atoms with van der Waals surface area (Å²) in [5.74, 6) is 0.503. The van der Waals surface area contributed by atoms with Gasteiger partial charge in [0, 0.05) is 6.20 Å². The van der Waals surface area contributed by atoms with Crippen molar-refractivity contribution >= 4 is 45.0 Å². The lowest BCUT2D eigenvalue weighted by Crippen LogP contribution is -2.44. The average Bonchev–Trinajstić information content (AvgIpc) is 2.95. The number of carbonyl (C=O) groups excluding carboxylic acids is 1. The number of nitrogens with zero attached hydrogens (tertiary/aromatic N) is 5. The van der Waals surface area contributed by atoms with Crippen molar-refractivity contribution in [3.8, 4) is 0 Å². The van der Waals surface area contributed by atoms with Crippen LogP contribution in [0.3, 0.4) is 0 Å². The Bertz CT molecular complexity index is 1140. The molecule has 3 heterocycles. The van der Waals surface area contributed by atoms with Gasteiger partial charge in [0.15, 0.2) is 5.82 Å². The van der Waals surface area contributed by atoms with Gasteiger partial charge in [-0.2, -0.15) is 4.98 Å². The van der Waals surface area contributed by atoms with Crippen LogP contribution in [0.1, 0.15) is 44.5 Å². The third-order valence-electron chi connectivity index (χ3n) is 4.83. The smallest absolute Gasteiger partial charge is 0.407 e. The van der Waals surface area contributed by atoms with E-state index in [4.69, 9.17) is 16.3 Å². The first-order chi connectivity index (χ1) is 15.5. The zero-order valence-electron chi connectivity index (χ0n) is 19.0. The summed E-state index contributed by atoms with van der Waals surface area (Å²) < 4.78 is 21.9. The molecule has 0 aliphatic heterocycles. The number of carbonyl (C=O) groups is 1. The summed E-state index contributed by atoms with van der Waals surface area (Å²) in [5, 5.41) is 10.2. The van der Waals surface area contributed by atoms with Crippen LogP contribution in [-0.4, -0.2) is 48.5 Å². The van der Waals surface area contributed by atoms with Crippen LogP contribution in [0.2, 0.25) is 5.28 Å². The first-order valence-electron chi connectivity index (χ1n) is 10.3. The lowest BCUT2D eigenvalue weighted by molar-refractivity contribution is 0.0477. The molecule has 0 bridgehead atoms. The van der Waals surface area contributed by atoms with Crippen molar-refractivity contribution in [1.29, 1.82) is 0 Å². The van der Waals surface area contributed by atoms with Crippen LogP contribution in [0.4, 0.5) is 15.0 Å². The number of hydrogen-bond acceptors (Lipinski definition) is 7. The molecule has 2 N–H and O–H groups in total. The van der Waals surface area contributed by atoms with E-state index in [9.17, 15) is 9.18 Å². The van der Waals surface area contributed by atoms with E-state index in [1.165, 1.54) is 13.3 Å². The van der Waals surface area contributed by atoms with Gasteiger partial charge in [0.1, 0.15) is 28.2 Å². The summed E-state index contributed by atoms with van der Waals surface area (Å²) in [5.41, 5.74) is 2.35. The van der Waals surface area contributed by atoms with Crippen LogP contribution < -0.4 is 10.6 Å². The minimum atomic E-state index is -1.32. The maximum atomic E-state index is 14.4. The van der Waals surface area contributed by atoms with E-state index in [2.05, 4.69) is 46.6 Å². The van der Waals surface area contributed by atoms with Crippen LogP contribution in [0, 0.1) is 6.92 Å². The molecule has 0 radical (unpaired) electrons. The molecule has 3 rings (SSSR count). The van der Waals surface area contributed by atoms with Gasteiger partial charge in [-0.05, 0) is 85.8 Å². The topological polar surface area (TPSA) is 106 Å². The van der Waals surface area contributed by atoms with E-state index in [1.54, 1.807) is 37.5 Å². The molecular formula is C21H26BrClFN7O2. The van der Waals surface area contributed by atoms with Gasteiger partial charge < -0.3 is 15.4 Å². The number of alkyl halides is 1. The van der Waals surface area contributed by atoms with E-state index < -0.39 is 23.9 Å². The van der Waals surface area contributed by atoms with Gasteiger partial charge in [0.05, 0.1) is 18.3 Å². The Morgan fingerprint density at radius 2 is 2.12 bits per heavy atom. The second-order valence-electron chi connectivity index (χ2n) is 8.57. The first kappa shape index (κ1) is 25.1. The van der Waals surface area contributed by atoms with Crippen molar-refractivity contribution in [2.75, 3.05) is 5.32 Å². The molecular weight excluding hydrogens is 517 g/mol. The van der Waals surface area contributed by atoms with Crippen LogP contribution in [-0.2, 0) is 17.7 Å². The number of fused-ring (bicyclic) bond motifs is 1. The van der Waals surface area contributed by atoms with E-state index in [1.807, 2.05) is 6.92 Å². The summed E-state index contributed by atoms with van der Waals surface area (Å²) in [6.07, 6.45) is 1.32. The van der Waals surface area contributed by atoms with Crippen molar-refractivity contribution in [1.82, 2.24) is 29.9 Å². The van der Waals surface area contributed by atoms with Crippen LogP contribution in [0.15, 0.2) is 23.2 Å². The highest BCUT2D eigenvalue weighted by Gasteiger charge is 2.27. The van der Waals surface area contributed by atoms with Gasteiger partial charge in [0.2, 0.25) is 5.28 Å². The Kier molecular flexibility index (Phi) is 7.73. The number of amides is 1. The van der Waals surface area contributed by atoms with Gasteiger partial charge >= 0.3 is 6.09 Å². The van der Waals surface area contributed by atoms with E-state index >= 15 is 0 Å². The van der Waals surface area contributed by atoms with E-state index in [0.29, 0.717) is 22.5 Å². The molecule has 3 aromatic rings. The summed E-state index contributed by atoms with van der Waals surface area (Å²) in [6, 6.07) is 0.975. The predicted molar refractivity (Wildman–Crippen MR) is 127 cm³/mol. The summed E-state index contributed by atoms with van der Waals surface area (Å²) >= 11 is 9.72. The Morgan fingerprint density at radius 1 is 1.39 bits per heavy atom. The molecule has 12 heteroatoms. The van der Waals surface area contributed by atoms with Crippen molar-refractivity contribution in [2.24, 2.45) is 0 Å². The fraction of sp³-hybridized carbons (Fsp3) is 0.476. The summed E-state index contributed by atoms with van der Waals surface area (Å²) in [7, 11) is 0. The van der Waals surface area contributed by atoms with Crippen molar-refractivity contribution in [3.63, 3.8) is 0 Å². The van der Waals surface area contributed by atoms with Gasteiger partial charge in [0.25, 0.3) is 0 Å². The fourth-order valence-electron chi connectivity index (χ4n) is 3.27. The van der Waals surface area contributed by atoms with Gasteiger partial charge in [-0.15, -0.1) is 5.10 Å². The average molecular weight is 543 g/mol. The number of nitrogens with one attached hydrogen (secondary N) is 2. The summed E-state index contributed by atoms with van der Waals surface area (Å²) in [6.45, 7) is 8.93. The quantitative estimate of drug-likeness (QED) is 0.448. The maximum absolute atomic E-state index is 14.4. The van der Waals surface area contributed by atoms with Crippen molar-refractivity contribution < 1.29 is 13.9 Å². The van der Waals surface area contributed by atoms with Crippen LogP contribution >= 0.6 is 27.5 Å². The third kappa shape index (κ3) is 6.29. The van der Waals surface area contributed by atoms with Crippen LogP contribution in [0.5, 0.6) is 0 Å². The molecule has 0 aromatic carbocycles. The SMILES string of the molecule is Cc1c(C[C@@H](NC(=O)OC(C)(C)C)[C@H](C)F)c(Br)n2nc(Cl)nc(NCc3ccncn3)c12. The Labute approximate surface area is 204 Å². The highest BCUT2D eigenvalue weighted by Crippen LogP contribution is 2.33. The summed E-state index contributed by atoms with van der Waals surface area (Å²) in [4.78, 5) is 24.7. The first-order valence-corrected chi connectivity index (χ1v) is 11.5. The second-order valence-corrected chi connectivity index (χ2v) is 9.66. The lowest BCUT2D eigenvalue weighted by Gasteiger charge is -2.24. The molecule has 9 nitrogen and oxygen atoms in total. The molecule has 3 aromatic heterocycles. The number of hydrogen-bond donors (Lipinski definition) is 2. The molecule has 0 fully saturated rings. The molecule has 33 heavy (non-hydrogen) atoms. The number of aryl methyl sites for hydroxylation is 1. The van der Waals surface area contributed by atoms with Gasteiger partial charge in [-0.1, -0.05) is 0 Å². The minimum Gasteiger partial charge on any atom is -0.444 e. The molecule has 0 aliphatic carbocycles. The second kappa shape index (κ2) is 10.2. The lowest BCUT2D eigenvalue weighted by atomic mass is 10.0. The van der Waals surface area contributed by atoms with E-state index in [-0.39, 0.29) is 11.7 Å². The molecule has 0 saturated heterocycles. The number of ether oxygens (including phenoxy) is 1. The fourth-order valence-corrected chi connectivity index (χ4v) is 4.14. The Balaban J connectivity index is 1.92. The monoisotopic (exact) mass is 541 g/mol. The number of halogens is 3. The maximum Gasteiger partial charge on any atom is 0.407 e. The zero-order valence-corrected chi connectivity index (χ0v) is 21.3. The molecule has 0 aliphatic rings. The highest BCUT2D eigenvalue weighted by molar-refractivity contribution is 9.10.